The number of rotatable bonds is 6. The Kier molecular flexibility index (Phi) is 6.01. The van der Waals surface area contributed by atoms with Gasteiger partial charge in [-0.25, -0.2) is 0 Å². The van der Waals surface area contributed by atoms with Gasteiger partial charge in [0.25, 0.3) is 11.8 Å². The normalized spacial score (nSPS) is 10.7. The summed E-state index contributed by atoms with van der Waals surface area (Å²) >= 11 is 12.1. The Labute approximate surface area is 171 Å². The predicted molar refractivity (Wildman–Crippen MR) is 108 cm³/mol. The van der Waals surface area contributed by atoms with Gasteiger partial charge in [-0.3, -0.25) is 19.4 Å². The summed E-state index contributed by atoms with van der Waals surface area (Å²) in [6.07, 6.45) is 2.22. The third-order valence-electron chi connectivity index (χ3n) is 3.97. The fourth-order valence-electron chi connectivity index (χ4n) is 2.58. The van der Waals surface area contributed by atoms with Crippen molar-refractivity contribution in [2.45, 2.75) is 13.3 Å². The molecule has 0 saturated carbocycles. The highest BCUT2D eigenvalue weighted by molar-refractivity contribution is 6.36. The van der Waals surface area contributed by atoms with Gasteiger partial charge in [0.15, 0.2) is 0 Å². The summed E-state index contributed by atoms with van der Waals surface area (Å²) in [6, 6.07) is 6.58. The third kappa shape index (κ3) is 4.18. The zero-order chi connectivity index (χ0) is 20.3. The summed E-state index contributed by atoms with van der Waals surface area (Å²) in [7, 11) is 1.63. The van der Waals surface area contributed by atoms with Crippen LogP contribution in [0.3, 0.4) is 0 Å². The maximum atomic E-state index is 12.6. The number of halogens is 2. The maximum absolute atomic E-state index is 12.6. The van der Waals surface area contributed by atoms with Crippen LogP contribution < -0.4 is 10.6 Å². The van der Waals surface area contributed by atoms with Crippen LogP contribution in [0.15, 0.2) is 30.5 Å². The minimum absolute atomic E-state index is 0.213. The van der Waals surface area contributed by atoms with E-state index in [4.69, 9.17) is 23.2 Å². The average Bonchev–Trinajstić information content (AvgIpc) is 3.27. The van der Waals surface area contributed by atoms with Crippen LogP contribution in [0.25, 0.3) is 11.3 Å². The van der Waals surface area contributed by atoms with E-state index in [0.29, 0.717) is 33.5 Å². The van der Waals surface area contributed by atoms with Gasteiger partial charge < -0.3 is 10.6 Å². The molecule has 0 aliphatic carbocycles. The lowest BCUT2D eigenvalue weighted by atomic mass is 10.1. The molecule has 0 spiro atoms. The van der Waals surface area contributed by atoms with Crippen molar-refractivity contribution < 1.29 is 9.59 Å². The molecule has 10 heteroatoms. The van der Waals surface area contributed by atoms with E-state index in [2.05, 4.69) is 25.9 Å². The third-order valence-corrected chi connectivity index (χ3v) is 4.51. The lowest BCUT2D eigenvalue weighted by molar-refractivity contribution is 0.0945. The van der Waals surface area contributed by atoms with Crippen LogP contribution >= 0.6 is 23.2 Å². The summed E-state index contributed by atoms with van der Waals surface area (Å²) < 4.78 is 1.41. The predicted octanol–water partition coefficient (Wildman–Crippen LogP) is 3.51. The highest BCUT2D eigenvalue weighted by atomic mass is 35.5. The Hall–Kier alpha value is -2.84. The molecule has 0 bridgehead atoms. The van der Waals surface area contributed by atoms with Crippen molar-refractivity contribution in [2.75, 3.05) is 11.9 Å². The molecule has 3 rings (SSSR count). The highest BCUT2D eigenvalue weighted by Crippen LogP contribution is 2.29. The van der Waals surface area contributed by atoms with Crippen molar-refractivity contribution in [3.8, 4) is 11.3 Å². The van der Waals surface area contributed by atoms with Gasteiger partial charge in [-0.1, -0.05) is 30.1 Å². The van der Waals surface area contributed by atoms with E-state index in [1.54, 1.807) is 31.3 Å². The SMILES string of the molecule is CCCNC(=O)c1c(NC(=O)c2cc(-c3ccc(Cl)cc3Cl)n[nH]2)cnn1C. The molecular formula is C18H18Cl2N6O2. The first kappa shape index (κ1) is 19.9. The minimum Gasteiger partial charge on any atom is -0.351 e. The van der Waals surface area contributed by atoms with Crippen molar-refractivity contribution in [3.63, 3.8) is 0 Å². The topological polar surface area (TPSA) is 105 Å². The number of amides is 2. The number of nitrogens with zero attached hydrogens (tertiary/aromatic N) is 3. The molecule has 2 heterocycles. The van der Waals surface area contributed by atoms with Gasteiger partial charge in [0.05, 0.1) is 22.6 Å². The minimum atomic E-state index is -0.457. The fourth-order valence-corrected chi connectivity index (χ4v) is 3.09. The van der Waals surface area contributed by atoms with E-state index >= 15 is 0 Å². The second kappa shape index (κ2) is 8.45. The second-order valence-corrected chi connectivity index (χ2v) is 6.88. The number of hydrogen-bond acceptors (Lipinski definition) is 4. The number of H-pyrrole nitrogens is 1. The molecule has 0 aliphatic heterocycles. The number of nitrogens with one attached hydrogen (secondary N) is 3. The summed E-state index contributed by atoms with van der Waals surface area (Å²) in [5.41, 5.74) is 1.93. The van der Waals surface area contributed by atoms with Gasteiger partial charge >= 0.3 is 0 Å². The molecule has 146 valence electrons. The molecule has 1 aromatic carbocycles. The van der Waals surface area contributed by atoms with E-state index in [-0.39, 0.29) is 17.3 Å². The Bertz CT molecular complexity index is 1030. The van der Waals surface area contributed by atoms with Gasteiger partial charge in [0.2, 0.25) is 0 Å². The Morgan fingerprint density at radius 2 is 2.00 bits per heavy atom. The Morgan fingerprint density at radius 1 is 1.21 bits per heavy atom. The van der Waals surface area contributed by atoms with E-state index in [1.165, 1.54) is 10.9 Å². The molecular weight excluding hydrogens is 403 g/mol. The summed E-state index contributed by atoms with van der Waals surface area (Å²) in [5, 5.41) is 17.2. The zero-order valence-corrected chi connectivity index (χ0v) is 16.7. The Balaban J connectivity index is 1.80. The molecule has 3 aromatic rings. The highest BCUT2D eigenvalue weighted by Gasteiger charge is 2.20. The van der Waals surface area contributed by atoms with Crippen molar-refractivity contribution in [2.24, 2.45) is 7.05 Å². The van der Waals surface area contributed by atoms with Crippen molar-refractivity contribution in [3.05, 3.63) is 51.9 Å². The molecule has 0 atom stereocenters. The van der Waals surface area contributed by atoms with Crippen LogP contribution in [-0.2, 0) is 7.05 Å². The molecule has 3 N–H and O–H groups in total. The van der Waals surface area contributed by atoms with Crippen LogP contribution in [0.4, 0.5) is 5.69 Å². The number of carbonyl (C=O) groups is 2. The zero-order valence-electron chi connectivity index (χ0n) is 15.2. The number of carbonyl (C=O) groups excluding carboxylic acids is 2. The van der Waals surface area contributed by atoms with E-state index in [0.717, 1.165) is 6.42 Å². The van der Waals surface area contributed by atoms with E-state index in [1.807, 2.05) is 6.92 Å². The largest absolute Gasteiger partial charge is 0.351 e. The van der Waals surface area contributed by atoms with Crippen LogP contribution in [0, 0.1) is 0 Å². The molecule has 0 saturated heterocycles. The van der Waals surface area contributed by atoms with Gasteiger partial charge in [-0.15, -0.1) is 0 Å². The number of aryl methyl sites for hydroxylation is 1. The summed E-state index contributed by atoms with van der Waals surface area (Å²) in [4.78, 5) is 24.9. The van der Waals surface area contributed by atoms with Gasteiger partial charge in [-0.2, -0.15) is 10.2 Å². The number of aromatic amines is 1. The first-order chi connectivity index (χ1) is 13.4. The van der Waals surface area contributed by atoms with Gasteiger partial charge in [-0.05, 0) is 30.7 Å². The molecule has 8 nitrogen and oxygen atoms in total. The first-order valence-electron chi connectivity index (χ1n) is 8.53. The molecule has 0 unspecified atom stereocenters. The smallest absolute Gasteiger partial charge is 0.273 e. The number of hydrogen-bond donors (Lipinski definition) is 3. The van der Waals surface area contributed by atoms with Crippen molar-refractivity contribution in [1.82, 2.24) is 25.3 Å². The van der Waals surface area contributed by atoms with Crippen molar-refractivity contribution in [1.29, 1.82) is 0 Å². The molecule has 28 heavy (non-hydrogen) atoms. The summed E-state index contributed by atoms with van der Waals surface area (Å²) in [6.45, 7) is 2.48. The molecule has 0 aliphatic rings. The molecule has 2 amide bonds. The van der Waals surface area contributed by atoms with Gasteiger partial charge in [0, 0.05) is 24.2 Å². The molecule has 0 radical (unpaired) electrons. The van der Waals surface area contributed by atoms with E-state index < -0.39 is 5.91 Å². The maximum Gasteiger partial charge on any atom is 0.273 e. The second-order valence-electron chi connectivity index (χ2n) is 6.03. The number of anilines is 1. The van der Waals surface area contributed by atoms with Crippen LogP contribution in [0.1, 0.15) is 34.3 Å². The average molecular weight is 421 g/mol. The van der Waals surface area contributed by atoms with Crippen LogP contribution in [0.2, 0.25) is 10.0 Å². The summed E-state index contributed by atoms with van der Waals surface area (Å²) in [5.74, 6) is -0.767. The number of benzene rings is 1. The molecule has 2 aromatic heterocycles. The quantitative estimate of drug-likeness (QED) is 0.567. The van der Waals surface area contributed by atoms with Crippen LogP contribution in [-0.4, -0.2) is 38.3 Å². The monoisotopic (exact) mass is 420 g/mol. The lowest BCUT2D eigenvalue weighted by Crippen LogP contribution is -2.27. The lowest BCUT2D eigenvalue weighted by Gasteiger charge is -2.07. The van der Waals surface area contributed by atoms with Gasteiger partial charge in [0.1, 0.15) is 11.4 Å². The van der Waals surface area contributed by atoms with Crippen molar-refractivity contribution >= 4 is 40.7 Å². The van der Waals surface area contributed by atoms with E-state index in [9.17, 15) is 9.59 Å². The van der Waals surface area contributed by atoms with Crippen LogP contribution in [0.5, 0.6) is 0 Å². The Morgan fingerprint density at radius 3 is 2.71 bits per heavy atom. The molecule has 0 fully saturated rings. The number of aromatic nitrogens is 4. The fraction of sp³-hybridized carbons (Fsp3) is 0.222. The standard InChI is InChI=1S/C18H18Cl2N6O2/c1-3-6-21-18(28)16-15(9-22-26(16)2)23-17(27)14-8-13(24-25-14)11-5-4-10(19)7-12(11)20/h4-5,7-9H,3,6H2,1-2H3,(H,21,28)(H,23,27)(H,24,25). The first-order valence-corrected chi connectivity index (χ1v) is 9.28.